The molecule has 114 valence electrons. The van der Waals surface area contributed by atoms with Gasteiger partial charge in [-0.05, 0) is 24.0 Å². The topological polar surface area (TPSA) is 95.1 Å². The van der Waals surface area contributed by atoms with Crippen molar-refractivity contribution in [1.29, 1.82) is 0 Å². The summed E-state index contributed by atoms with van der Waals surface area (Å²) in [6.45, 7) is 3.58. The third kappa shape index (κ3) is 2.07. The second-order valence-corrected chi connectivity index (χ2v) is 6.24. The summed E-state index contributed by atoms with van der Waals surface area (Å²) in [5.74, 6) is -0.852. The molecule has 0 spiro atoms. The molecule has 0 aliphatic heterocycles. The first-order valence-electron chi connectivity index (χ1n) is 7.01. The Bertz CT molecular complexity index is 737. The maximum Gasteiger partial charge on any atom is 0.319 e. The van der Waals surface area contributed by atoms with E-state index in [0.717, 1.165) is 5.56 Å². The molecular weight excluding hydrogens is 282 g/mol. The molecule has 1 aliphatic rings. The second-order valence-electron chi connectivity index (χ2n) is 6.24. The average molecular weight is 299 g/mol. The molecule has 6 nitrogen and oxygen atoms in total. The molecule has 1 atom stereocenters. The number of rotatable bonds is 4. The van der Waals surface area contributed by atoms with Crippen LogP contribution in [0.1, 0.15) is 20.3 Å². The van der Waals surface area contributed by atoms with Crippen LogP contribution in [0, 0.1) is 10.8 Å². The summed E-state index contributed by atoms with van der Waals surface area (Å²) >= 11 is 0. The molecule has 0 bridgehead atoms. The van der Waals surface area contributed by atoms with Crippen LogP contribution in [0.3, 0.4) is 0 Å². The Labute approximate surface area is 127 Å². The number of imidazole rings is 1. The summed E-state index contributed by atoms with van der Waals surface area (Å²) < 4.78 is 0. The lowest BCUT2D eigenvalue weighted by molar-refractivity contribution is -0.149. The molecule has 2 aromatic rings. The smallest absolute Gasteiger partial charge is 0.319 e. The van der Waals surface area contributed by atoms with Crippen molar-refractivity contribution in [2.45, 2.75) is 20.3 Å². The van der Waals surface area contributed by atoms with Gasteiger partial charge in [-0.3, -0.25) is 9.59 Å². The number of amides is 1. The number of carboxylic acid groups (broad SMARTS) is 1. The fourth-order valence-corrected chi connectivity index (χ4v) is 2.87. The monoisotopic (exact) mass is 299 g/mol. The van der Waals surface area contributed by atoms with Gasteiger partial charge >= 0.3 is 5.97 Å². The van der Waals surface area contributed by atoms with Crippen molar-refractivity contribution in [3.63, 3.8) is 0 Å². The van der Waals surface area contributed by atoms with Gasteiger partial charge in [0.2, 0.25) is 5.91 Å². The quantitative estimate of drug-likeness (QED) is 0.756. The van der Waals surface area contributed by atoms with E-state index in [9.17, 15) is 14.7 Å². The van der Waals surface area contributed by atoms with Crippen LogP contribution in [0.4, 0.5) is 5.69 Å². The second kappa shape index (κ2) is 4.69. The first-order valence-corrected chi connectivity index (χ1v) is 7.01. The molecule has 1 aliphatic carbocycles. The summed E-state index contributed by atoms with van der Waals surface area (Å²) in [7, 11) is 0. The fourth-order valence-electron chi connectivity index (χ4n) is 2.87. The predicted molar refractivity (Wildman–Crippen MR) is 81.1 cm³/mol. The van der Waals surface area contributed by atoms with Crippen molar-refractivity contribution in [2.24, 2.45) is 10.8 Å². The van der Waals surface area contributed by atoms with Crippen LogP contribution in [0.25, 0.3) is 11.4 Å². The van der Waals surface area contributed by atoms with Gasteiger partial charge in [-0.2, -0.15) is 0 Å². The number of carbonyl (C=O) groups excluding carboxylic acids is 1. The molecule has 6 heteroatoms. The van der Waals surface area contributed by atoms with E-state index in [2.05, 4.69) is 15.3 Å². The van der Waals surface area contributed by atoms with E-state index < -0.39 is 22.7 Å². The molecular formula is C16H17N3O3. The van der Waals surface area contributed by atoms with Crippen LogP contribution in [0.15, 0.2) is 36.7 Å². The SMILES string of the molecule is CC1(C)CC1(C(=O)O)C(=O)Nc1cccc(-c2ncc[nH]2)c1. The lowest BCUT2D eigenvalue weighted by atomic mass is 9.95. The van der Waals surface area contributed by atoms with Crippen LogP contribution in [0.5, 0.6) is 0 Å². The number of aromatic amines is 1. The number of nitrogens with zero attached hydrogens (tertiary/aromatic N) is 1. The van der Waals surface area contributed by atoms with Gasteiger partial charge in [-0.25, -0.2) is 4.98 Å². The summed E-state index contributed by atoms with van der Waals surface area (Å²) in [6, 6.07) is 7.15. The number of nitrogens with one attached hydrogen (secondary N) is 2. The highest BCUT2D eigenvalue weighted by Crippen LogP contribution is 2.64. The molecule has 1 saturated carbocycles. The molecule has 0 radical (unpaired) electrons. The number of benzene rings is 1. The summed E-state index contributed by atoms with van der Waals surface area (Å²) in [5, 5.41) is 12.1. The first kappa shape index (κ1) is 14.3. The number of carboxylic acids is 1. The van der Waals surface area contributed by atoms with Gasteiger partial charge in [0.05, 0.1) is 0 Å². The van der Waals surface area contributed by atoms with Crippen LogP contribution in [-0.2, 0) is 9.59 Å². The van der Waals surface area contributed by atoms with Gasteiger partial charge in [0.1, 0.15) is 5.82 Å². The number of anilines is 1. The van der Waals surface area contributed by atoms with E-state index in [1.54, 1.807) is 44.4 Å². The van der Waals surface area contributed by atoms with E-state index in [-0.39, 0.29) is 0 Å². The van der Waals surface area contributed by atoms with Gasteiger partial charge < -0.3 is 15.4 Å². The fraction of sp³-hybridized carbons (Fsp3) is 0.312. The average Bonchev–Trinajstić information content (AvgIpc) is 2.86. The highest BCUT2D eigenvalue weighted by atomic mass is 16.4. The Morgan fingerprint density at radius 2 is 2.09 bits per heavy atom. The molecule has 22 heavy (non-hydrogen) atoms. The van der Waals surface area contributed by atoms with Crippen molar-refractivity contribution in [1.82, 2.24) is 9.97 Å². The zero-order valence-electron chi connectivity index (χ0n) is 12.4. The third-order valence-corrected chi connectivity index (χ3v) is 4.38. The Hall–Kier alpha value is -2.63. The minimum Gasteiger partial charge on any atom is -0.480 e. The van der Waals surface area contributed by atoms with Crippen molar-refractivity contribution >= 4 is 17.6 Å². The summed E-state index contributed by atoms with van der Waals surface area (Å²) in [4.78, 5) is 31.1. The molecule has 1 amide bonds. The number of aromatic nitrogens is 2. The van der Waals surface area contributed by atoms with E-state index >= 15 is 0 Å². The number of H-pyrrole nitrogens is 1. The first-order chi connectivity index (χ1) is 10.4. The van der Waals surface area contributed by atoms with Gasteiger partial charge in [0, 0.05) is 23.6 Å². The minimum atomic E-state index is -1.34. The van der Waals surface area contributed by atoms with Crippen LogP contribution in [0.2, 0.25) is 0 Å². The Kier molecular flexibility index (Phi) is 3.05. The maximum atomic E-state index is 12.4. The number of hydrogen-bond acceptors (Lipinski definition) is 3. The normalized spacial score (nSPS) is 22.1. The molecule has 1 unspecified atom stereocenters. The highest BCUT2D eigenvalue weighted by Gasteiger charge is 2.72. The molecule has 1 heterocycles. The van der Waals surface area contributed by atoms with Crippen LogP contribution in [-0.4, -0.2) is 27.0 Å². The van der Waals surface area contributed by atoms with Crippen LogP contribution < -0.4 is 5.32 Å². The van der Waals surface area contributed by atoms with Crippen molar-refractivity contribution in [3.05, 3.63) is 36.7 Å². The van der Waals surface area contributed by atoms with E-state index in [0.29, 0.717) is 17.9 Å². The lowest BCUT2D eigenvalue weighted by Crippen LogP contribution is -2.35. The number of carbonyl (C=O) groups is 2. The number of hydrogen-bond donors (Lipinski definition) is 3. The van der Waals surface area contributed by atoms with Gasteiger partial charge in [0.25, 0.3) is 0 Å². The van der Waals surface area contributed by atoms with Crippen LogP contribution >= 0.6 is 0 Å². The molecule has 0 saturated heterocycles. The zero-order chi connectivity index (χ0) is 16.0. The highest BCUT2D eigenvalue weighted by molar-refractivity contribution is 6.12. The van der Waals surface area contributed by atoms with Crippen molar-refractivity contribution in [2.75, 3.05) is 5.32 Å². The van der Waals surface area contributed by atoms with E-state index in [4.69, 9.17) is 0 Å². The van der Waals surface area contributed by atoms with Crippen molar-refractivity contribution in [3.8, 4) is 11.4 Å². The molecule has 1 aromatic heterocycles. The Morgan fingerprint density at radius 1 is 1.36 bits per heavy atom. The van der Waals surface area contributed by atoms with Gasteiger partial charge in [-0.15, -0.1) is 0 Å². The maximum absolute atomic E-state index is 12.4. The minimum absolute atomic E-state index is 0.346. The standard InChI is InChI=1S/C16H17N3O3/c1-15(2)9-16(15,14(21)22)13(20)19-11-5-3-4-10(8-11)12-17-6-7-18-12/h3-8H,9H2,1-2H3,(H,17,18)(H,19,20)(H,21,22). The van der Waals surface area contributed by atoms with Gasteiger partial charge in [-0.1, -0.05) is 26.0 Å². The predicted octanol–water partition coefficient (Wildman–Crippen LogP) is 2.52. The molecule has 1 fully saturated rings. The van der Waals surface area contributed by atoms with Crippen molar-refractivity contribution < 1.29 is 14.7 Å². The zero-order valence-corrected chi connectivity index (χ0v) is 12.4. The lowest BCUT2D eigenvalue weighted by Gasteiger charge is -2.15. The van der Waals surface area contributed by atoms with E-state index in [1.807, 2.05) is 6.07 Å². The molecule has 3 N–H and O–H groups in total. The Morgan fingerprint density at radius 3 is 2.64 bits per heavy atom. The largest absolute Gasteiger partial charge is 0.480 e. The molecule has 3 rings (SSSR count). The van der Waals surface area contributed by atoms with E-state index in [1.165, 1.54) is 0 Å². The summed E-state index contributed by atoms with van der Waals surface area (Å²) in [6.07, 6.45) is 3.71. The van der Waals surface area contributed by atoms with Gasteiger partial charge in [0.15, 0.2) is 5.41 Å². The molecule has 1 aromatic carbocycles. The Balaban J connectivity index is 1.84. The summed E-state index contributed by atoms with van der Waals surface area (Å²) in [5.41, 5.74) is -0.487. The number of aliphatic carboxylic acids is 1. The third-order valence-electron chi connectivity index (χ3n) is 4.38.